The molecule has 98 valence electrons. The molecule has 5 nitrogen and oxygen atoms in total. The van der Waals surface area contributed by atoms with E-state index in [1.165, 1.54) is 0 Å². The summed E-state index contributed by atoms with van der Waals surface area (Å²) in [6.07, 6.45) is 1.64. The Morgan fingerprint density at radius 2 is 2.16 bits per heavy atom. The molecule has 0 amide bonds. The Bertz CT molecular complexity index is 589. The van der Waals surface area contributed by atoms with E-state index in [1.807, 2.05) is 18.2 Å². The number of hydrogen-bond acceptors (Lipinski definition) is 5. The minimum Gasteiger partial charge on any atom is -0.496 e. The number of methoxy groups -OCH3 is 1. The second-order valence-electron chi connectivity index (χ2n) is 3.50. The SMILES string of the molecule is COc1ccc(Br)cc1/C=N/Nc1ccc(Cl)nn1. The molecule has 0 fully saturated rings. The van der Waals surface area contributed by atoms with Crippen molar-refractivity contribution >= 4 is 39.6 Å². The van der Waals surface area contributed by atoms with Gasteiger partial charge in [0.15, 0.2) is 11.0 Å². The highest BCUT2D eigenvalue weighted by Crippen LogP contribution is 2.21. The Morgan fingerprint density at radius 3 is 2.84 bits per heavy atom. The minimum atomic E-state index is 0.336. The van der Waals surface area contributed by atoms with Crippen LogP contribution in [0.3, 0.4) is 0 Å². The van der Waals surface area contributed by atoms with Gasteiger partial charge in [-0.1, -0.05) is 27.5 Å². The molecular formula is C12H10BrClN4O. The summed E-state index contributed by atoms with van der Waals surface area (Å²) in [5, 5.41) is 11.9. The number of benzene rings is 1. The molecule has 0 bridgehead atoms. The molecule has 0 atom stereocenters. The quantitative estimate of drug-likeness (QED) is 0.684. The number of ether oxygens (including phenoxy) is 1. The largest absolute Gasteiger partial charge is 0.496 e. The number of rotatable bonds is 4. The molecule has 1 N–H and O–H groups in total. The lowest BCUT2D eigenvalue weighted by atomic mass is 10.2. The Labute approximate surface area is 123 Å². The minimum absolute atomic E-state index is 0.336. The molecule has 19 heavy (non-hydrogen) atoms. The van der Waals surface area contributed by atoms with Crippen LogP contribution in [-0.4, -0.2) is 23.5 Å². The number of nitrogens with one attached hydrogen (secondary N) is 1. The third-order valence-corrected chi connectivity index (χ3v) is 2.90. The summed E-state index contributed by atoms with van der Waals surface area (Å²) in [6, 6.07) is 8.97. The average molecular weight is 342 g/mol. The number of halogens is 2. The van der Waals surface area contributed by atoms with E-state index in [2.05, 4.69) is 36.7 Å². The van der Waals surface area contributed by atoms with Gasteiger partial charge in [-0.15, -0.1) is 10.2 Å². The van der Waals surface area contributed by atoms with Crippen LogP contribution in [0.25, 0.3) is 0 Å². The van der Waals surface area contributed by atoms with Crippen LogP contribution in [0.15, 0.2) is 39.9 Å². The average Bonchev–Trinajstić information content (AvgIpc) is 2.41. The standard InChI is InChI=1S/C12H10BrClN4O/c1-19-10-3-2-9(13)6-8(10)7-15-17-12-5-4-11(14)16-18-12/h2-7H,1H3,(H,17,18)/b15-7+. The van der Waals surface area contributed by atoms with Crippen LogP contribution in [0.2, 0.25) is 5.15 Å². The molecule has 0 aliphatic heterocycles. The van der Waals surface area contributed by atoms with Crippen molar-refractivity contribution in [2.24, 2.45) is 5.10 Å². The fourth-order valence-corrected chi connectivity index (χ4v) is 1.83. The highest BCUT2D eigenvalue weighted by molar-refractivity contribution is 9.10. The molecule has 0 aliphatic rings. The second-order valence-corrected chi connectivity index (χ2v) is 4.80. The first-order valence-corrected chi connectivity index (χ1v) is 6.48. The van der Waals surface area contributed by atoms with Gasteiger partial charge in [0, 0.05) is 10.0 Å². The molecule has 0 saturated heterocycles. The summed E-state index contributed by atoms with van der Waals surface area (Å²) in [4.78, 5) is 0. The highest BCUT2D eigenvalue weighted by Gasteiger charge is 2.00. The normalized spacial score (nSPS) is 10.7. The van der Waals surface area contributed by atoms with Gasteiger partial charge in [-0.05, 0) is 30.3 Å². The molecule has 2 aromatic rings. The van der Waals surface area contributed by atoms with Crippen molar-refractivity contribution in [3.8, 4) is 5.75 Å². The molecule has 0 saturated carbocycles. The number of hydrazone groups is 1. The van der Waals surface area contributed by atoms with Gasteiger partial charge in [-0.25, -0.2) is 0 Å². The van der Waals surface area contributed by atoms with E-state index in [1.54, 1.807) is 25.5 Å². The molecule has 1 heterocycles. The van der Waals surface area contributed by atoms with Gasteiger partial charge in [0.1, 0.15) is 5.75 Å². The Hall–Kier alpha value is -1.66. The zero-order valence-electron chi connectivity index (χ0n) is 9.97. The zero-order chi connectivity index (χ0) is 13.7. The summed E-state index contributed by atoms with van der Waals surface area (Å²) in [5.74, 6) is 1.24. The Balaban J connectivity index is 2.10. The number of anilines is 1. The second kappa shape index (κ2) is 6.49. The summed E-state index contributed by atoms with van der Waals surface area (Å²) < 4.78 is 6.18. The third-order valence-electron chi connectivity index (χ3n) is 2.21. The van der Waals surface area contributed by atoms with Gasteiger partial charge in [0.05, 0.1) is 13.3 Å². The topological polar surface area (TPSA) is 59.4 Å². The van der Waals surface area contributed by atoms with Crippen LogP contribution in [0.5, 0.6) is 5.75 Å². The van der Waals surface area contributed by atoms with Gasteiger partial charge in [0.25, 0.3) is 0 Å². The van der Waals surface area contributed by atoms with Gasteiger partial charge in [-0.2, -0.15) is 5.10 Å². The predicted molar refractivity (Wildman–Crippen MR) is 79.0 cm³/mol. The van der Waals surface area contributed by atoms with Crippen LogP contribution in [0, 0.1) is 0 Å². The smallest absolute Gasteiger partial charge is 0.168 e. The molecule has 0 aliphatic carbocycles. The van der Waals surface area contributed by atoms with E-state index < -0.39 is 0 Å². The van der Waals surface area contributed by atoms with Gasteiger partial charge < -0.3 is 4.74 Å². The van der Waals surface area contributed by atoms with E-state index in [-0.39, 0.29) is 0 Å². The molecule has 0 spiro atoms. The molecule has 2 rings (SSSR count). The van der Waals surface area contributed by atoms with Crippen LogP contribution in [0.1, 0.15) is 5.56 Å². The van der Waals surface area contributed by atoms with Crippen molar-refractivity contribution in [2.45, 2.75) is 0 Å². The first kappa shape index (κ1) is 13.8. The molecule has 1 aromatic heterocycles. The summed E-state index contributed by atoms with van der Waals surface area (Å²) in [7, 11) is 1.61. The number of nitrogens with zero attached hydrogens (tertiary/aromatic N) is 3. The Morgan fingerprint density at radius 1 is 1.32 bits per heavy atom. The molecule has 1 aromatic carbocycles. The van der Waals surface area contributed by atoms with Gasteiger partial charge >= 0.3 is 0 Å². The molecular weight excluding hydrogens is 332 g/mol. The highest BCUT2D eigenvalue weighted by atomic mass is 79.9. The van der Waals surface area contributed by atoms with Crippen molar-refractivity contribution in [1.29, 1.82) is 0 Å². The van der Waals surface area contributed by atoms with E-state index in [9.17, 15) is 0 Å². The van der Waals surface area contributed by atoms with E-state index >= 15 is 0 Å². The zero-order valence-corrected chi connectivity index (χ0v) is 12.3. The van der Waals surface area contributed by atoms with Crippen molar-refractivity contribution < 1.29 is 4.74 Å². The maximum atomic E-state index is 5.64. The van der Waals surface area contributed by atoms with Crippen molar-refractivity contribution in [3.63, 3.8) is 0 Å². The predicted octanol–water partition coefficient (Wildman–Crippen LogP) is 3.35. The van der Waals surface area contributed by atoms with Crippen molar-refractivity contribution in [3.05, 3.63) is 45.5 Å². The van der Waals surface area contributed by atoms with Gasteiger partial charge in [0.2, 0.25) is 0 Å². The van der Waals surface area contributed by atoms with Crippen LogP contribution < -0.4 is 10.2 Å². The van der Waals surface area contributed by atoms with Gasteiger partial charge in [-0.3, -0.25) is 5.43 Å². The summed E-state index contributed by atoms with van der Waals surface area (Å²) in [5.41, 5.74) is 3.60. The number of aromatic nitrogens is 2. The van der Waals surface area contributed by atoms with E-state index in [0.717, 1.165) is 15.8 Å². The Kier molecular flexibility index (Phi) is 4.70. The monoisotopic (exact) mass is 340 g/mol. The lowest BCUT2D eigenvalue weighted by Crippen LogP contribution is -1.96. The molecule has 0 unspecified atom stereocenters. The number of hydrogen-bond donors (Lipinski definition) is 1. The fourth-order valence-electron chi connectivity index (χ4n) is 1.35. The van der Waals surface area contributed by atoms with Crippen molar-refractivity contribution in [2.75, 3.05) is 12.5 Å². The molecule has 7 heteroatoms. The maximum Gasteiger partial charge on any atom is 0.168 e. The van der Waals surface area contributed by atoms with Crippen LogP contribution in [0.4, 0.5) is 5.82 Å². The van der Waals surface area contributed by atoms with Crippen LogP contribution in [-0.2, 0) is 0 Å². The summed E-state index contributed by atoms with van der Waals surface area (Å²) in [6.45, 7) is 0. The maximum absolute atomic E-state index is 5.64. The summed E-state index contributed by atoms with van der Waals surface area (Å²) >= 11 is 9.03. The van der Waals surface area contributed by atoms with Crippen LogP contribution >= 0.6 is 27.5 Å². The lowest BCUT2D eigenvalue weighted by molar-refractivity contribution is 0.414. The lowest BCUT2D eigenvalue weighted by Gasteiger charge is -2.04. The first-order valence-electron chi connectivity index (χ1n) is 5.31. The molecule has 0 radical (unpaired) electrons. The van der Waals surface area contributed by atoms with E-state index in [4.69, 9.17) is 16.3 Å². The first-order chi connectivity index (χ1) is 9.19. The van der Waals surface area contributed by atoms with Crippen molar-refractivity contribution in [1.82, 2.24) is 10.2 Å². The van der Waals surface area contributed by atoms with E-state index in [0.29, 0.717) is 11.0 Å². The third kappa shape index (κ3) is 3.90. The fraction of sp³-hybridized carbons (Fsp3) is 0.0833.